The Morgan fingerprint density at radius 2 is 2.07 bits per heavy atom. The van der Waals surface area contributed by atoms with E-state index in [0.29, 0.717) is 31.4 Å². The number of hydrogen-bond donors (Lipinski definition) is 1. The summed E-state index contributed by atoms with van der Waals surface area (Å²) in [5, 5.41) is 3.57. The Balaban J connectivity index is 1.30. The van der Waals surface area contributed by atoms with Crippen molar-refractivity contribution in [3.63, 3.8) is 0 Å². The van der Waals surface area contributed by atoms with Gasteiger partial charge in [-0.2, -0.15) is 0 Å². The number of carbonyl (C=O) groups excluding carboxylic acids is 3. The molecule has 3 heterocycles. The SMILES string of the molecule is COC[C@@H]1CC[C@@H](c2ncc(CCC(=O)OC)s2)N1C(=O)Cc1cc(Cl)c(NC(=O)C2=COC3C=CC=CC23C)cc1F. The Hall–Kier alpha value is -3.54. The number of nitrogens with zero attached hydrogens (tertiary/aromatic N) is 2. The topological polar surface area (TPSA) is 107 Å². The van der Waals surface area contributed by atoms with E-state index in [1.807, 2.05) is 31.2 Å². The summed E-state index contributed by atoms with van der Waals surface area (Å²) < 4.78 is 31.1. The lowest BCUT2D eigenvalue weighted by Crippen LogP contribution is -2.40. The third-order valence-corrected chi connectivity index (χ3v) is 9.59. The van der Waals surface area contributed by atoms with Crippen LogP contribution in [0.2, 0.25) is 5.02 Å². The summed E-state index contributed by atoms with van der Waals surface area (Å²) in [6, 6.07) is 2.02. The zero-order valence-electron chi connectivity index (χ0n) is 24.1. The average Bonchev–Trinajstić information content (AvgIpc) is 3.71. The van der Waals surface area contributed by atoms with E-state index in [9.17, 15) is 14.4 Å². The van der Waals surface area contributed by atoms with Crippen molar-refractivity contribution < 1.29 is 33.0 Å². The molecule has 43 heavy (non-hydrogen) atoms. The molecular weight excluding hydrogens is 597 g/mol. The van der Waals surface area contributed by atoms with Crippen LogP contribution in [0.3, 0.4) is 0 Å². The highest BCUT2D eigenvalue weighted by Crippen LogP contribution is 2.43. The minimum absolute atomic E-state index is 0.0993. The number of likely N-dealkylation sites (tertiary alicyclic amines) is 1. The fourth-order valence-electron chi connectivity index (χ4n) is 5.75. The molecule has 1 fully saturated rings. The van der Waals surface area contributed by atoms with Gasteiger partial charge in [-0.15, -0.1) is 11.3 Å². The van der Waals surface area contributed by atoms with E-state index in [1.54, 1.807) is 18.2 Å². The molecule has 0 bridgehead atoms. The molecule has 12 heteroatoms. The molecule has 2 aliphatic heterocycles. The van der Waals surface area contributed by atoms with Gasteiger partial charge in [0.2, 0.25) is 5.91 Å². The molecule has 1 aromatic carbocycles. The number of allylic oxidation sites excluding steroid dienone is 2. The standard InChI is InChI=1S/C31H33ClFN3O6S/c1-31-11-5-4-6-26(31)42-17-21(31)29(39)35-24-14-23(33)18(12-22(24)32)13-27(37)36-19(16-40-2)7-9-25(36)30-34-15-20(43-30)8-10-28(38)41-3/h4-6,11-12,14-15,17,19,25-26H,7-10,13,16H2,1-3H3,(H,35,39)/t19-,25-,26?,31?/m0/s1. The summed E-state index contributed by atoms with van der Waals surface area (Å²) in [6.07, 6.45) is 12.2. The maximum absolute atomic E-state index is 15.4. The maximum Gasteiger partial charge on any atom is 0.305 e. The number of ether oxygens (including phenoxy) is 3. The number of benzene rings is 1. The van der Waals surface area contributed by atoms with Gasteiger partial charge >= 0.3 is 5.97 Å². The molecule has 2 aromatic rings. The first-order valence-electron chi connectivity index (χ1n) is 14.0. The van der Waals surface area contributed by atoms with Crippen LogP contribution in [0.15, 0.2) is 54.5 Å². The second-order valence-electron chi connectivity index (χ2n) is 10.9. The average molecular weight is 630 g/mol. The lowest BCUT2D eigenvalue weighted by molar-refractivity contribution is -0.140. The predicted molar refractivity (Wildman–Crippen MR) is 160 cm³/mol. The number of carbonyl (C=O) groups is 3. The van der Waals surface area contributed by atoms with Gasteiger partial charge in [0.15, 0.2) is 0 Å². The summed E-state index contributed by atoms with van der Waals surface area (Å²) in [6.45, 7) is 2.23. The first-order valence-corrected chi connectivity index (χ1v) is 15.2. The largest absolute Gasteiger partial charge is 0.492 e. The first-order chi connectivity index (χ1) is 20.6. The number of esters is 1. The molecule has 5 rings (SSSR count). The molecule has 9 nitrogen and oxygen atoms in total. The molecule has 0 saturated carbocycles. The number of halogens is 2. The Labute approximate surface area is 258 Å². The van der Waals surface area contributed by atoms with E-state index in [2.05, 4.69) is 10.3 Å². The predicted octanol–water partition coefficient (Wildman–Crippen LogP) is 5.32. The second kappa shape index (κ2) is 13.0. The van der Waals surface area contributed by atoms with Crippen molar-refractivity contribution in [2.45, 2.75) is 57.2 Å². The van der Waals surface area contributed by atoms with Crippen LogP contribution in [0.1, 0.15) is 47.7 Å². The number of anilines is 1. The second-order valence-corrected chi connectivity index (χ2v) is 12.5. The lowest BCUT2D eigenvalue weighted by atomic mass is 9.76. The number of aryl methyl sites for hydroxylation is 1. The summed E-state index contributed by atoms with van der Waals surface area (Å²) >= 11 is 7.94. The van der Waals surface area contributed by atoms with E-state index in [-0.39, 0.29) is 59.2 Å². The van der Waals surface area contributed by atoms with Gasteiger partial charge in [-0.05, 0) is 50.0 Å². The fourth-order valence-corrected chi connectivity index (χ4v) is 7.04. The van der Waals surface area contributed by atoms with Crippen molar-refractivity contribution >= 4 is 46.4 Å². The monoisotopic (exact) mass is 629 g/mol. The van der Waals surface area contributed by atoms with Gasteiger partial charge in [0.05, 0.1) is 66.6 Å². The van der Waals surface area contributed by atoms with Crippen molar-refractivity contribution in [1.29, 1.82) is 0 Å². The van der Waals surface area contributed by atoms with Crippen LogP contribution in [-0.4, -0.2) is 60.6 Å². The van der Waals surface area contributed by atoms with Crippen LogP contribution in [0.5, 0.6) is 0 Å². The highest BCUT2D eigenvalue weighted by atomic mass is 35.5. The molecule has 1 aromatic heterocycles. The number of rotatable bonds is 10. The van der Waals surface area contributed by atoms with E-state index in [4.69, 9.17) is 25.8 Å². The Bertz CT molecular complexity index is 1510. The maximum atomic E-state index is 15.4. The summed E-state index contributed by atoms with van der Waals surface area (Å²) in [5.41, 5.74) is -0.0414. The third kappa shape index (κ3) is 6.39. The number of thiazole rings is 1. The summed E-state index contributed by atoms with van der Waals surface area (Å²) in [7, 11) is 2.93. The van der Waals surface area contributed by atoms with Gasteiger partial charge in [0.25, 0.3) is 5.91 Å². The van der Waals surface area contributed by atoms with Crippen molar-refractivity contribution in [3.05, 3.63) is 80.8 Å². The van der Waals surface area contributed by atoms with Gasteiger partial charge < -0.3 is 24.4 Å². The highest BCUT2D eigenvalue weighted by molar-refractivity contribution is 7.11. The van der Waals surface area contributed by atoms with Crippen molar-refractivity contribution in [1.82, 2.24) is 9.88 Å². The van der Waals surface area contributed by atoms with Crippen LogP contribution >= 0.6 is 22.9 Å². The zero-order chi connectivity index (χ0) is 30.7. The van der Waals surface area contributed by atoms with Crippen molar-refractivity contribution in [3.8, 4) is 0 Å². The molecule has 1 aliphatic carbocycles. The number of fused-ring (bicyclic) bond motifs is 1. The Kier molecular flexibility index (Phi) is 9.33. The minimum Gasteiger partial charge on any atom is -0.492 e. The van der Waals surface area contributed by atoms with Gasteiger partial charge in [-0.1, -0.05) is 29.8 Å². The van der Waals surface area contributed by atoms with Gasteiger partial charge in [0, 0.05) is 18.2 Å². The Morgan fingerprint density at radius 3 is 2.84 bits per heavy atom. The van der Waals surface area contributed by atoms with Crippen LogP contribution in [-0.2, 0) is 41.4 Å². The quantitative estimate of drug-likeness (QED) is 0.355. The smallest absolute Gasteiger partial charge is 0.305 e. The van der Waals surface area contributed by atoms with Crippen LogP contribution in [0, 0.1) is 11.2 Å². The molecule has 228 valence electrons. The Morgan fingerprint density at radius 1 is 1.26 bits per heavy atom. The van der Waals surface area contributed by atoms with Gasteiger partial charge in [0.1, 0.15) is 16.9 Å². The number of hydrogen-bond acceptors (Lipinski definition) is 8. The molecule has 0 spiro atoms. The van der Waals surface area contributed by atoms with Gasteiger partial charge in [-0.3, -0.25) is 14.4 Å². The first kappa shape index (κ1) is 30.9. The zero-order valence-corrected chi connectivity index (χ0v) is 25.7. The number of nitrogens with one attached hydrogen (secondary N) is 1. The summed E-state index contributed by atoms with van der Waals surface area (Å²) in [5.74, 6) is -1.70. The number of methoxy groups -OCH3 is 2. The van der Waals surface area contributed by atoms with Crippen LogP contribution in [0.25, 0.3) is 0 Å². The fraction of sp³-hybridized carbons (Fsp3) is 0.419. The molecule has 2 unspecified atom stereocenters. The lowest BCUT2D eigenvalue weighted by Gasteiger charge is -2.29. The third-order valence-electron chi connectivity index (χ3n) is 8.12. The highest BCUT2D eigenvalue weighted by Gasteiger charge is 2.44. The minimum atomic E-state index is -0.660. The normalized spacial score (nSPS) is 24.0. The van der Waals surface area contributed by atoms with E-state index >= 15 is 4.39 Å². The number of amides is 2. The molecule has 2 amide bonds. The molecule has 0 radical (unpaired) electrons. The molecular formula is C31H33ClFN3O6S. The van der Waals surface area contributed by atoms with Crippen molar-refractivity contribution in [2.24, 2.45) is 5.41 Å². The van der Waals surface area contributed by atoms with Crippen LogP contribution in [0.4, 0.5) is 10.1 Å². The van der Waals surface area contributed by atoms with E-state index in [1.165, 1.54) is 30.8 Å². The number of aromatic nitrogens is 1. The van der Waals surface area contributed by atoms with E-state index in [0.717, 1.165) is 16.0 Å². The van der Waals surface area contributed by atoms with Gasteiger partial charge in [-0.25, -0.2) is 9.37 Å². The molecule has 1 saturated heterocycles. The van der Waals surface area contributed by atoms with E-state index < -0.39 is 17.1 Å². The molecule has 4 atom stereocenters. The molecule has 3 aliphatic rings. The summed E-state index contributed by atoms with van der Waals surface area (Å²) in [4.78, 5) is 45.6. The van der Waals surface area contributed by atoms with Crippen molar-refractivity contribution in [2.75, 3.05) is 26.1 Å². The van der Waals surface area contributed by atoms with Crippen LogP contribution < -0.4 is 5.32 Å². The molecule has 1 N–H and O–H groups in total.